The Kier molecular flexibility index (Phi) is 4.15. The molecule has 4 rings (SSSR count). The summed E-state index contributed by atoms with van der Waals surface area (Å²) in [6.07, 6.45) is 9.37. The van der Waals surface area contributed by atoms with Crippen molar-refractivity contribution in [1.82, 2.24) is 4.90 Å². The van der Waals surface area contributed by atoms with E-state index >= 15 is 0 Å². The molecule has 1 aromatic rings. The van der Waals surface area contributed by atoms with Gasteiger partial charge in [-0.15, -0.1) is 0 Å². The maximum absolute atomic E-state index is 5.98. The van der Waals surface area contributed by atoms with Gasteiger partial charge in [0.05, 0.1) is 11.6 Å². The molecule has 0 N–H and O–H groups in total. The standard InChI is InChI=1S/C19H26N2O/c1-3-9-15(10-4-1)17-18(16-11-5-2-6-12-16)20-22-19(17)21-13-7-8-14-21/h1,3-4,9-10,16-17,19H,2,5-8,11-14H2/t17-,19-/m0/s1. The van der Waals surface area contributed by atoms with Crippen molar-refractivity contribution >= 4 is 5.71 Å². The van der Waals surface area contributed by atoms with Crippen molar-refractivity contribution in [2.24, 2.45) is 11.1 Å². The molecule has 0 radical (unpaired) electrons. The van der Waals surface area contributed by atoms with Crippen molar-refractivity contribution in [3.8, 4) is 0 Å². The highest BCUT2D eigenvalue weighted by molar-refractivity contribution is 5.94. The largest absolute Gasteiger partial charge is 0.375 e. The fourth-order valence-corrected chi connectivity index (χ4v) is 4.37. The van der Waals surface area contributed by atoms with Gasteiger partial charge in [0, 0.05) is 19.0 Å². The summed E-state index contributed by atoms with van der Waals surface area (Å²) in [4.78, 5) is 8.48. The van der Waals surface area contributed by atoms with E-state index in [1.807, 2.05) is 0 Å². The summed E-state index contributed by atoms with van der Waals surface area (Å²) in [6, 6.07) is 10.9. The van der Waals surface area contributed by atoms with Crippen molar-refractivity contribution in [1.29, 1.82) is 0 Å². The summed E-state index contributed by atoms with van der Waals surface area (Å²) in [5, 5.41) is 4.62. The molecule has 3 heteroatoms. The summed E-state index contributed by atoms with van der Waals surface area (Å²) in [5.74, 6) is 0.967. The minimum absolute atomic E-state index is 0.127. The monoisotopic (exact) mass is 298 g/mol. The van der Waals surface area contributed by atoms with Crippen LogP contribution in [0.4, 0.5) is 0 Å². The maximum Gasteiger partial charge on any atom is 0.193 e. The van der Waals surface area contributed by atoms with Crippen molar-refractivity contribution in [2.45, 2.75) is 57.1 Å². The summed E-state index contributed by atoms with van der Waals surface area (Å²) in [5.41, 5.74) is 2.70. The lowest BCUT2D eigenvalue weighted by atomic mass is 9.78. The summed E-state index contributed by atoms with van der Waals surface area (Å²) in [7, 11) is 0. The second kappa shape index (κ2) is 6.41. The first-order valence-electron chi connectivity index (χ1n) is 8.96. The molecule has 0 amide bonds. The molecule has 0 spiro atoms. The van der Waals surface area contributed by atoms with Gasteiger partial charge in [0.2, 0.25) is 0 Å². The van der Waals surface area contributed by atoms with Gasteiger partial charge < -0.3 is 4.84 Å². The van der Waals surface area contributed by atoms with Gasteiger partial charge >= 0.3 is 0 Å². The van der Waals surface area contributed by atoms with Gasteiger partial charge in [-0.3, -0.25) is 4.90 Å². The zero-order valence-corrected chi connectivity index (χ0v) is 13.3. The van der Waals surface area contributed by atoms with E-state index in [2.05, 4.69) is 40.4 Å². The van der Waals surface area contributed by atoms with E-state index < -0.39 is 0 Å². The van der Waals surface area contributed by atoms with Gasteiger partial charge in [-0.25, -0.2) is 0 Å². The van der Waals surface area contributed by atoms with Crippen molar-refractivity contribution in [2.75, 3.05) is 13.1 Å². The molecule has 2 aliphatic heterocycles. The molecule has 118 valence electrons. The van der Waals surface area contributed by atoms with E-state index in [4.69, 9.17) is 4.84 Å². The SMILES string of the molecule is c1ccc([C@H]2C(C3CCCCC3)=NO[C@@H]2N2CCCC2)cc1. The predicted molar refractivity (Wildman–Crippen MR) is 88.9 cm³/mol. The predicted octanol–water partition coefficient (Wildman–Crippen LogP) is 4.16. The second-order valence-electron chi connectivity index (χ2n) is 6.98. The Morgan fingerprint density at radius 3 is 2.36 bits per heavy atom. The Morgan fingerprint density at radius 1 is 0.909 bits per heavy atom. The van der Waals surface area contributed by atoms with Gasteiger partial charge in [0.1, 0.15) is 0 Å². The van der Waals surface area contributed by atoms with Crippen LogP contribution in [0.5, 0.6) is 0 Å². The number of benzene rings is 1. The van der Waals surface area contributed by atoms with Gasteiger partial charge in [0.25, 0.3) is 0 Å². The molecule has 2 atom stereocenters. The summed E-state index contributed by atoms with van der Waals surface area (Å²) in [6.45, 7) is 2.31. The van der Waals surface area contributed by atoms with E-state index in [1.165, 1.54) is 56.2 Å². The van der Waals surface area contributed by atoms with E-state index in [0.717, 1.165) is 13.1 Å². The van der Waals surface area contributed by atoms with Crippen LogP contribution in [0, 0.1) is 5.92 Å². The van der Waals surface area contributed by atoms with Crippen LogP contribution < -0.4 is 0 Å². The average molecular weight is 298 g/mol. The molecule has 0 aromatic heterocycles. The molecule has 3 aliphatic rings. The van der Waals surface area contributed by atoms with Crippen LogP contribution in [-0.4, -0.2) is 29.9 Å². The highest BCUT2D eigenvalue weighted by Gasteiger charge is 2.42. The highest BCUT2D eigenvalue weighted by Crippen LogP contribution is 2.39. The minimum Gasteiger partial charge on any atom is -0.375 e. The van der Waals surface area contributed by atoms with Crippen LogP contribution in [0.25, 0.3) is 0 Å². The maximum atomic E-state index is 5.98. The van der Waals surface area contributed by atoms with Crippen LogP contribution in [0.2, 0.25) is 0 Å². The molecule has 3 nitrogen and oxygen atoms in total. The third-order valence-electron chi connectivity index (χ3n) is 5.55. The van der Waals surface area contributed by atoms with Gasteiger partial charge in [-0.2, -0.15) is 0 Å². The second-order valence-corrected chi connectivity index (χ2v) is 6.98. The fourth-order valence-electron chi connectivity index (χ4n) is 4.37. The Hall–Kier alpha value is -1.35. The molecular formula is C19H26N2O. The van der Waals surface area contributed by atoms with Crippen LogP contribution in [-0.2, 0) is 4.84 Å². The van der Waals surface area contributed by atoms with Crippen LogP contribution in [0.3, 0.4) is 0 Å². The minimum atomic E-state index is 0.127. The Bertz CT molecular complexity index is 515. The molecule has 0 bridgehead atoms. The number of hydrogen-bond donors (Lipinski definition) is 0. The molecule has 1 aromatic carbocycles. The molecule has 0 unspecified atom stereocenters. The van der Waals surface area contributed by atoms with Gasteiger partial charge in [-0.1, -0.05) is 54.8 Å². The van der Waals surface area contributed by atoms with E-state index in [0.29, 0.717) is 11.8 Å². The quantitative estimate of drug-likeness (QED) is 0.837. The lowest BCUT2D eigenvalue weighted by Crippen LogP contribution is -2.39. The fraction of sp³-hybridized carbons (Fsp3) is 0.632. The summed E-state index contributed by atoms with van der Waals surface area (Å²) >= 11 is 0. The first kappa shape index (κ1) is 14.3. The molecule has 1 saturated heterocycles. The van der Waals surface area contributed by atoms with E-state index in [9.17, 15) is 0 Å². The average Bonchev–Trinajstić information content (AvgIpc) is 3.25. The first-order valence-corrected chi connectivity index (χ1v) is 8.96. The van der Waals surface area contributed by atoms with E-state index in [-0.39, 0.29) is 6.23 Å². The number of nitrogens with zero attached hydrogens (tertiary/aromatic N) is 2. The van der Waals surface area contributed by atoms with Crippen LogP contribution >= 0.6 is 0 Å². The molecule has 1 aliphatic carbocycles. The molecule has 2 heterocycles. The topological polar surface area (TPSA) is 24.8 Å². The number of oxime groups is 1. The Labute approximate surface area is 133 Å². The lowest BCUT2D eigenvalue weighted by molar-refractivity contribution is -0.0340. The Morgan fingerprint density at radius 2 is 1.64 bits per heavy atom. The van der Waals surface area contributed by atoms with Crippen LogP contribution in [0.1, 0.15) is 56.4 Å². The third kappa shape index (κ3) is 2.67. The highest BCUT2D eigenvalue weighted by atomic mass is 16.7. The third-order valence-corrected chi connectivity index (χ3v) is 5.55. The molecular weight excluding hydrogens is 272 g/mol. The zero-order valence-electron chi connectivity index (χ0n) is 13.3. The number of rotatable bonds is 3. The Balaban J connectivity index is 1.62. The smallest absolute Gasteiger partial charge is 0.193 e. The number of likely N-dealkylation sites (tertiary alicyclic amines) is 1. The molecule has 1 saturated carbocycles. The molecule has 2 fully saturated rings. The summed E-state index contributed by atoms with van der Waals surface area (Å²) < 4.78 is 0. The van der Waals surface area contributed by atoms with Gasteiger partial charge in [0.15, 0.2) is 6.23 Å². The van der Waals surface area contributed by atoms with Gasteiger partial charge in [-0.05, 0) is 31.2 Å². The first-order chi connectivity index (χ1) is 10.9. The van der Waals surface area contributed by atoms with Crippen LogP contribution in [0.15, 0.2) is 35.5 Å². The normalized spacial score (nSPS) is 30.3. The van der Waals surface area contributed by atoms with Crippen molar-refractivity contribution < 1.29 is 4.84 Å². The number of hydrogen-bond acceptors (Lipinski definition) is 3. The lowest BCUT2D eigenvalue weighted by Gasteiger charge is -2.30. The van der Waals surface area contributed by atoms with Crippen molar-refractivity contribution in [3.63, 3.8) is 0 Å². The molecule has 22 heavy (non-hydrogen) atoms. The van der Waals surface area contributed by atoms with Crippen molar-refractivity contribution in [3.05, 3.63) is 35.9 Å². The zero-order chi connectivity index (χ0) is 14.8. The van der Waals surface area contributed by atoms with E-state index in [1.54, 1.807) is 0 Å².